The Morgan fingerprint density at radius 1 is 1.48 bits per heavy atom. The van der Waals surface area contributed by atoms with E-state index in [1.165, 1.54) is 24.5 Å². The first-order valence-corrected chi connectivity index (χ1v) is 6.39. The third-order valence-electron chi connectivity index (χ3n) is 2.77. The van der Waals surface area contributed by atoms with Crippen LogP contribution >= 0.6 is 0 Å². The van der Waals surface area contributed by atoms with Crippen molar-refractivity contribution in [3.63, 3.8) is 0 Å². The monoisotopic (exact) mass is 287 g/mol. The molecule has 5 nitrogen and oxygen atoms in total. The van der Waals surface area contributed by atoms with Crippen molar-refractivity contribution < 1.29 is 13.9 Å². The molecule has 6 heteroatoms. The molecule has 1 N–H and O–H groups in total. The summed E-state index contributed by atoms with van der Waals surface area (Å²) in [6.45, 7) is 1.92. The Bertz CT molecular complexity index is 672. The van der Waals surface area contributed by atoms with Gasteiger partial charge in [-0.2, -0.15) is 0 Å². The highest BCUT2D eigenvalue weighted by Gasteiger charge is 2.14. The number of carbonyl (C=O) groups is 1. The molecule has 1 aromatic carbocycles. The maximum Gasteiger partial charge on any atom is 0.256 e. The molecule has 0 aliphatic rings. The van der Waals surface area contributed by atoms with Gasteiger partial charge in [0.2, 0.25) is 0 Å². The van der Waals surface area contributed by atoms with Gasteiger partial charge < -0.3 is 10.5 Å². The van der Waals surface area contributed by atoms with E-state index in [0.717, 1.165) is 6.07 Å². The highest BCUT2D eigenvalue weighted by Crippen LogP contribution is 2.13. The molecule has 2 aromatic rings. The van der Waals surface area contributed by atoms with Gasteiger partial charge in [0.25, 0.3) is 5.91 Å². The van der Waals surface area contributed by atoms with Crippen molar-refractivity contribution in [2.75, 3.05) is 11.9 Å². The molecule has 0 aliphatic carbocycles. The van der Waals surface area contributed by atoms with Crippen LogP contribution in [0.2, 0.25) is 0 Å². The van der Waals surface area contributed by atoms with Crippen LogP contribution in [0.3, 0.4) is 0 Å². The number of nitrogens with one attached hydrogen (secondary N) is 1. The third kappa shape index (κ3) is 3.85. The van der Waals surface area contributed by atoms with Crippen molar-refractivity contribution in [1.82, 2.24) is 4.98 Å². The number of rotatable bonds is 4. The Kier molecular flexibility index (Phi) is 4.61. The maximum atomic E-state index is 13.4. The number of halogens is 1. The zero-order chi connectivity index (χ0) is 15.2. The smallest absolute Gasteiger partial charge is 0.256 e. The van der Waals surface area contributed by atoms with Crippen LogP contribution in [-0.4, -0.2) is 28.4 Å². The quantitative estimate of drug-likeness (QED) is 0.406. The number of carbonyl (C=O) groups excluding carboxylic acids is 1. The SMILES string of the molecule is CC/[N+]([O-])=C/c1ccc(F)cc1C(=O)Nc1cccnc1. The molecule has 0 saturated carbocycles. The summed E-state index contributed by atoms with van der Waals surface area (Å²) < 4.78 is 14.0. The van der Waals surface area contributed by atoms with Gasteiger partial charge in [-0.1, -0.05) is 0 Å². The van der Waals surface area contributed by atoms with Crippen LogP contribution in [0.1, 0.15) is 22.8 Å². The number of aromatic nitrogens is 1. The first-order valence-electron chi connectivity index (χ1n) is 6.39. The lowest BCUT2D eigenvalue weighted by Crippen LogP contribution is -2.16. The Morgan fingerprint density at radius 2 is 2.29 bits per heavy atom. The average molecular weight is 287 g/mol. The van der Waals surface area contributed by atoms with Crippen molar-refractivity contribution in [3.05, 3.63) is 64.9 Å². The van der Waals surface area contributed by atoms with Crippen LogP contribution in [0.4, 0.5) is 10.1 Å². The fourth-order valence-electron chi connectivity index (χ4n) is 1.72. The molecule has 1 heterocycles. The molecule has 1 aromatic heterocycles. The van der Waals surface area contributed by atoms with Gasteiger partial charge in [0, 0.05) is 6.20 Å². The first kappa shape index (κ1) is 14.6. The zero-order valence-electron chi connectivity index (χ0n) is 11.4. The van der Waals surface area contributed by atoms with E-state index < -0.39 is 11.7 Å². The molecule has 0 fully saturated rings. The normalized spacial score (nSPS) is 11.2. The molecule has 0 radical (unpaired) electrons. The van der Waals surface area contributed by atoms with Crippen molar-refractivity contribution in [2.45, 2.75) is 6.92 Å². The number of hydroxylamine groups is 1. The Hall–Kier alpha value is -2.76. The summed E-state index contributed by atoms with van der Waals surface area (Å²) in [5.41, 5.74) is 0.940. The molecule has 1 amide bonds. The largest absolute Gasteiger partial charge is 0.624 e. The van der Waals surface area contributed by atoms with Crippen LogP contribution in [0.5, 0.6) is 0 Å². The van der Waals surface area contributed by atoms with E-state index in [4.69, 9.17) is 0 Å². The molecule has 2 rings (SSSR count). The number of anilines is 1. The second-order valence-electron chi connectivity index (χ2n) is 4.29. The predicted octanol–water partition coefficient (Wildman–Crippen LogP) is 2.42. The minimum atomic E-state index is -0.544. The molecule has 108 valence electrons. The minimum Gasteiger partial charge on any atom is -0.624 e. The fraction of sp³-hybridized carbons (Fsp3) is 0.133. The number of hydrogen-bond acceptors (Lipinski definition) is 3. The number of benzene rings is 1. The topological polar surface area (TPSA) is 68.1 Å². The molecular weight excluding hydrogens is 273 g/mol. The van der Waals surface area contributed by atoms with Crippen molar-refractivity contribution >= 4 is 17.8 Å². The van der Waals surface area contributed by atoms with Crippen LogP contribution in [0, 0.1) is 11.0 Å². The van der Waals surface area contributed by atoms with Crippen molar-refractivity contribution in [1.29, 1.82) is 0 Å². The molecule has 21 heavy (non-hydrogen) atoms. The summed E-state index contributed by atoms with van der Waals surface area (Å²) in [6.07, 6.45) is 4.32. The number of nitrogens with zero attached hydrogens (tertiary/aromatic N) is 2. The lowest BCUT2D eigenvalue weighted by molar-refractivity contribution is -0.447. The van der Waals surface area contributed by atoms with E-state index in [2.05, 4.69) is 10.3 Å². The third-order valence-corrected chi connectivity index (χ3v) is 2.77. The van der Waals surface area contributed by atoms with Gasteiger partial charge in [-0.05, 0) is 37.3 Å². The van der Waals surface area contributed by atoms with Gasteiger partial charge in [-0.25, -0.2) is 9.13 Å². The molecule has 0 bridgehead atoms. The van der Waals surface area contributed by atoms with Crippen LogP contribution < -0.4 is 5.32 Å². The van der Waals surface area contributed by atoms with Crippen LogP contribution in [0.15, 0.2) is 42.7 Å². The van der Waals surface area contributed by atoms with Crippen LogP contribution in [0.25, 0.3) is 0 Å². The van der Waals surface area contributed by atoms with E-state index in [1.807, 2.05) is 0 Å². The first-order chi connectivity index (χ1) is 10.1. The number of hydrogen-bond donors (Lipinski definition) is 1. The molecular formula is C15H14FN3O2. The standard InChI is InChI=1S/C15H14FN3O2/c1-2-19(21)10-11-5-6-12(16)8-14(11)15(20)18-13-4-3-7-17-9-13/h3-10H,2H2,1H3,(H,18,20)/b19-10-. The zero-order valence-corrected chi connectivity index (χ0v) is 11.4. The maximum absolute atomic E-state index is 13.4. The van der Waals surface area contributed by atoms with Crippen LogP contribution in [-0.2, 0) is 0 Å². The fourth-order valence-corrected chi connectivity index (χ4v) is 1.72. The van der Waals surface area contributed by atoms with Gasteiger partial charge in [-0.3, -0.25) is 9.78 Å². The van der Waals surface area contributed by atoms with E-state index >= 15 is 0 Å². The summed E-state index contributed by atoms with van der Waals surface area (Å²) in [5.74, 6) is -1.05. The Morgan fingerprint density at radius 3 is 2.95 bits per heavy atom. The molecule has 0 atom stereocenters. The molecule has 0 aliphatic heterocycles. The average Bonchev–Trinajstić information content (AvgIpc) is 2.49. The van der Waals surface area contributed by atoms with Gasteiger partial charge in [0.15, 0.2) is 12.8 Å². The van der Waals surface area contributed by atoms with Gasteiger partial charge >= 0.3 is 0 Å². The van der Waals surface area contributed by atoms with Gasteiger partial charge in [0.1, 0.15) is 5.82 Å². The molecule has 0 spiro atoms. The van der Waals surface area contributed by atoms with E-state index in [0.29, 0.717) is 16.0 Å². The summed E-state index contributed by atoms with van der Waals surface area (Å²) in [4.78, 5) is 16.1. The second kappa shape index (κ2) is 6.60. The molecule has 0 unspecified atom stereocenters. The molecule has 0 saturated heterocycles. The lowest BCUT2D eigenvalue weighted by Gasteiger charge is -2.08. The lowest BCUT2D eigenvalue weighted by atomic mass is 10.1. The second-order valence-corrected chi connectivity index (χ2v) is 4.29. The minimum absolute atomic E-state index is 0.0909. The van der Waals surface area contributed by atoms with Gasteiger partial charge in [0.05, 0.1) is 23.0 Å². The highest BCUT2D eigenvalue weighted by molar-refractivity contribution is 6.08. The van der Waals surface area contributed by atoms with Crippen molar-refractivity contribution in [3.8, 4) is 0 Å². The Balaban J connectivity index is 2.33. The number of amides is 1. The highest BCUT2D eigenvalue weighted by atomic mass is 19.1. The predicted molar refractivity (Wildman–Crippen MR) is 77.9 cm³/mol. The summed E-state index contributed by atoms with van der Waals surface area (Å²) in [7, 11) is 0. The number of pyridine rings is 1. The summed E-state index contributed by atoms with van der Waals surface area (Å²) >= 11 is 0. The van der Waals surface area contributed by atoms with E-state index in [-0.39, 0.29) is 12.1 Å². The van der Waals surface area contributed by atoms with Gasteiger partial charge in [-0.15, -0.1) is 0 Å². The summed E-state index contributed by atoms with van der Waals surface area (Å²) in [5, 5.41) is 14.0. The van der Waals surface area contributed by atoms with E-state index in [9.17, 15) is 14.4 Å². The Labute approximate surface area is 121 Å². The van der Waals surface area contributed by atoms with E-state index in [1.54, 1.807) is 25.3 Å². The summed E-state index contributed by atoms with van der Waals surface area (Å²) in [6, 6.07) is 7.04. The van der Waals surface area contributed by atoms with Crippen molar-refractivity contribution in [2.24, 2.45) is 0 Å².